The van der Waals surface area contributed by atoms with Crippen molar-refractivity contribution >= 4 is 43.5 Å². The molecule has 6 heterocycles. The number of H-pyrrole nitrogens is 2. The summed E-state index contributed by atoms with van der Waals surface area (Å²) in [5.74, 6) is 3.21. The zero-order valence-electron chi connectivity index (χ0n) is 23.1. The quantitative estimate of drug-likeness (QED) is 0.273. The number of sulfone groups is 1. The summed E-state index contributed by atoms with van der Waals surface area (Å²) in [6.07, 6.45) is 14.9. The van der Waals surface area contributed by atoms with Gasteiger partial charge in [-0.15, -0.1) is 20.4 Å². The smallest absolute Gasteiger partial charge is 0.179 e. The van der Waals surface area contributed by atoms with Crippen molar-refractivity contribution < 1.29 is 8.42 Å². The highest BCUT2D eigenvalue weighted by molar-refractivity contribution is 7.92. The van der Waals surface area contributed by atoms with Crippen LogP contribution in [0.4, 0.5) is 0 Å². The van der Waals surface area contributed by atoms with Gasteiger partial charge in [0.2, 0.25) is 0 Å². The maximum atomic E-state index is 12.2. The Labute approximate surface area is 241 Å². The van der Waals surface area contributed by atoms with Crippen LogP contribution in [0.25, 0.3) is 33.6 Å². The van der Waals surface area contributed by atoms with E-state index in [1.165, 1.54) is 0 Å². The number of hydrogen-bond donors (Lipinski definition) is 3. The number of rotatable bonds is 5. The fourth-order valence-electron chi connectivity index (χ4n) is 6.93. The second-order valence-electron chi connectivity index (χ2n) is 12.1. The molecule has 4 atom stereocenters. The lowest BCUT2D eigenvalue weighted by molar-refractivity contribution is 0.549. The van der Waals surface area contributed by atoms with E-state index < -0.39 is 9.84 Å². The van der Waals surface area contributed by atoms with Crippen molar-refractivity contribution in [1.29, 1.82) is 0 Å². The SMILES string of the molecule is N[C@H]1CC[C@@H](c2nnc3cnc4[nH]ccc4n23)C1.O=S(=O)(C[C@H]1CC[C@@H](c2nnc3cnc4[nH]ccc4n23)C1)C1CC1. The molecule has 3 saturated carbocycles. The van der Waals surface area contributed by atoms with Crippen molar-refractivity contribution in [2.75, 3.05) is 5.75 Å². The van der Waals surface area contributed by atoms with E-state index in [4.69, 9.17) is 5.73 Å². The van der Waals surface area contributed by atoms with E-state index in [-0.39, 0.29) is 17.1 Å². The Morgan fingerprint density at radius 1 is 0.762 bits per heavy atom. The summed E-state index contributed by atoms with van der Waals surface area (Å²) in [5.41, 5.74) is 11.2. The lowest BCUT2D eigenvalue weighted by atomic mass is 10.1. The molecule has 0 unspecified atom stereocenters. The van der Waals surface area contributed by atoms with Gasteiger partial charge in [0, 0.05) is 30.3 Å². The van der Waals surface area contributed by atoms with Crippen LogP contribution in [0.5, 0.6) is 0 Å². The molecule has 13 nitrogen and oxygen atoms in total. The lowest BCUT2D eigenvalue weighted by Crippen LogP contribution is -2.18. The van der Waals surface area contributed by atoms with E-state index in [2.05, 4.69) is 49.1 Å². The molecular formula is C28H33N11O2S. The predicted octanol–water partition coefficient (Wildman–Crippen LogP) is 3.27. The normalized spacial score (nSPS) is 24.7. The van der Waals surface area contributed by atoms with E-state index in [1.807, 2.05) is 24.5 Å². The molecule has 42 heavy (non-hydrogen) atoms. The minimum atomic E-state index is -2.89. The van der Waals surface area contributed by atoms with Crippen LogP contribution in [0.3, 0.4) is 0 Å². The highest BCUT2D eigenvalue weighted by atomic mass is 32.2. The Hall–Kier alpha value is -3.91. The first-order valence-electron chi connectivity index (χ1n) is 14.8. The number of nitrogens with zero attached hydrogens (tertiary/aromatic N) is 8. The second-order valence-corrected chi connectivity index (χ2v) is 14.4. The number of aromatic amines is 2. The standard InChI is InChI=1S/C16H19N5O2S.C12H14N6/c22-24(23,12-3-4-12)9-10-1-2-11(7-10)16-20-19-14-8-18-15-13(21(14)16)5-6-17-15;13-8-2-1-7(5-8)12-17-16-10-6-15-11-9(18(10)12)3-4-14-11/h5-6,8,10-12,17H,1-4,7,9H2;3-4,6-8,14H,1-2,5,13H2/t10-,11+;7-,8+/m01/s1. The van der Waals surface area contributed by atoms with E-state index in [0.717, 1.165) is 96.6 Å². The summed E-state index contributed by atoms with van der Waals surface area (Å²) in [6, 6.07) is 4.29. The third kappa shape index (κ3) is 4.44. The minimum absolute atomic E-state index is 0.0592. The zero-order valence-corrected chi connectivity index (χ0v) is 23.9. The Morgan fingerprint density at radius 2 is 1.33 bits per heavy atom. The molecule has 0 aromatic carbocycles. The van der Waals surface area contributed by atoms with Gasteiger partial charge in [-0.2, -0.15) is 0 Å². The second kappa shape index (κ2) is 9.83. The van der Waals surface area contributed by atoms with E-state index in [0.29, 0.717) is 17.7 Å². The zero-order chi connectivity index (χ0) is 28.4. The van der Waals surface area contributed by atoms with E-state index >= 15 is 0 Å². The molecule has 218 valence electrons. The number of nitrogens with two attached hydrogens (primary N) is 1. The van der Waals surface area contributed by atoms with Gasteiger partial charge >= 0.3 is 0 Å². The Kier molecular flexibility index (Phi) is 6.03. The number of hydrogen-bond acceptors (Lipinski definition) is 9. The average Bonchev–Trinajstić information content (AvgIpc) is 3.60. The molecule has 14 heteroatoms. The van der Waals surface area contributed by atoms with Gasteiger partial charge < -0.3 is 15.7 Å². The molecule has 3 aliphatic rings. The molecule has 0 saturated heterocycles. The number of fused-ring (bicyclic) bond motifs is 6. The first-order chi connectivity index (χ1) is 20.4. The number of aromatic nitrogens is 10. The van der Waals surface area contributed by atoms with Gasteiger partial charge in [0.1, 0.15) is 11.6 Å². The van der Waals surface area contributed by atoms with Gasteiger partial charge in [0.25, 0.3) is 0 Å². The third-order valence-electron chi connectivity index (χ3n) is 9.18. The van der Waals surface area contributed by atoms with Crippen LogP contribution in [0, 0.1) is 5.92 Å². The van der Waals surface area contributed by atoms with Crippen molar-refractivity contribution in [2.45, 2.75) is 74.5 Å². The molecule has 3 aliphatic carbocycles. The van der Waals surface area contributed by atoms with Crippen molar-refractivity contribution in [2.24, 2.45) is 11.7 Å². The minimum Gasteiger partial charge on any atom is -0.345 e. The summed E-state index contributed by atoms with van der Waals surface area (Å²) >= 11 is 0. The predicted molar refractivity (Wildman–Crippen MR) is 157 cm³/mol. The molecule has 4 N–H and O–H groups in total. The molecule has 0 amide bonds. The maximum Gasteiger partial charge on any atom is 0.179 e. The van der Waals surface area contributed by atoms with E-state index in [1.54, 1.807) is 12.4 Å². The lowest BCUT2D eigenvalue weighted by Gasteiger charge is -2.11. The molecule has 0 aliphatic heterocycles. The highest BCUT2D eigenvalue weighted by Crippen LogP contribution is 2.41. The van der Waals surface area contributed by atoms with Crippen LogP contribution in [0.2, 0.25) is 0 Å². The highest BCUT2D eigenvalue weighted by Gasteiger charge is 2.39. The third-order valence-corrected chi connectivity index (χ3v) is 11.6. The summed E-state index contributed by atoms with van der Waals surface area (Å²) in [6.45, 7) is 0. The summed E-state index contributed by atoms with van der Waals surface area (Å²) in [5, 5.41) is 17.1. The van der Waals surface area contributed by atoms with Crippen LogP contribution in [0.15, 0.2) is 36.9 Å². The van der Waals surface area contributed by atoms with Gasteiger partial charge in [-0.05, 0) is 69.4 Å². The average molecular weight is 588 g/mol. The summed E-state index contributed by atoms with van der Waals surface area (Å²) < 4.78 is 28.7. The maximum absolute atomic E-state index is 12.2. The van der Waals surface area contributed by atoms with Gasteiger partial charge in [0.05, 0.1) is 34.4 Å². The Balaban J connectivity index is 0.000000132. The van der Waals surface area contributed by atoms with Crippen molar-refractivity contribution in [1.82, 2.24) is 49.1 Å². The number of nitrogens with one attached hydrogen (secondary N) is 2. The molecular weight excluding hydrogens is 554 g/mol. The first-order valence-corrected chi connectivity index (χ1v) is 16.5. The molecule has 6 aromatic heterocycles. The topological polar surface area (TPSA) is 178 Å². The molecule has 6 aromatic rings. The molecule has 0 bridgehead atoms. The largest absolute Gasteiger partial charge is 0.345 e. The Bertz CT molecular complexity index is 2020. The van der Waals surface area contributed by atoms with Crippen molar-refractivity contribution in [3.05, 3.63) is 48.6 Å². The molecule has 0 spiro atoms. The van der Waals surface area contributed by atoms with Gasteiger partial charge in [-0.1, -0.05) is 0 Å². The van der Waals surface area contributed by atoms with Gasteiger partial charge in [-0.3, -0.25) is 8.80 Å². The summed E-state index contributed by atoms with van der Waals surface area (Å²) in [7, 11) is -2.89. The van der Waals surface area contributed by atoms with Crippen LogP contribution < -0.4 is 5.73 Å². The Morgan fingerprint density at radius 3 is 1.88 bits per heavy atom. The summed E-state index contributed by atoms with van der Waals surface area (Å²) in [4.78, 5) is 14.9. The van der Waals surface area contributed by atoms with Crippen LogP contribution in [0.1, 0.15) is 74.9 Å². The first kappa shape index (κ1) is 25.8. The fourth-order valence-corrected chi connectivity index (χ4v) is 9.01. The van der Waals surface area contributed by atoms with Gasteiger partial charge in [-0.25, -0.2) is 18.4 Å². The van der Waals surface area contributed by atoms with E-state index in [9.17, 15) is 8.42 Å². The molecule has 9 rings (SSSR count). The van der Waals surface area contributed by atoms with Gasteiger partial charge in [0.15, 0.2) is 32.4 Å². The molecule has 0 radical (unpaired) electrons. The van der Waals surface area contributed by atoms with Crippen LogP contribution in [-0.4, -0.2) is 74.6 Å². The monoisotopic (exact) mass is 587 g/mol. The fraction of sp³-hybridized carbons (Fsp3) is 0.500. The van der Waals surface area contributed by atoms with Crippen LogP contribution >= 0.6 is 0 Å². The van der Waals surface area contributed by atoms with Crippen molar-refractivity contribution in [3.63, 3.8) is 0 Å². The van der Waals surface area contributed by atoms with Crippen LogP contribution in [-0.2, 0) is 9.84 Å². The van der Waals surface area contributed by atoms with Crippen molar-refractivity contribution in [3.8, 4) is 0 Å². The molecule has 3 fully saturated rings.